The predicted molar refractivity (Wildman–Crippen MR) is 92.6 cm³/mol. The number of anilines is 1. The fourth-order valence-corrected chi connectivity index (χ4v) is 3.71. The Hall–Kier alpha value is -1.32. The first-order chi connectivity index (χ1) is 10.2. The van der Waals surface area contributed by atoms with Gasteiger partial charge in [-0.2, -0.15) is 0 Å². The first-order valence-corrected chi connectivity index (χ1v) is 8.33. The number of halogens is 1. The zero-order valence-electron chi connectivity index (χ0n) is 12.6. The summed E-state index contributed by atoms with van der Waals surface area (Å²) in [6, 6.07) is 15.8. The smallest absolute Gasteiger partial charge is 0.0436 e. The molecular weight excluding hydrogens is 324 g/mol. The molecule has 0 fully saturated rings. The molecule has 1 atom stereocenters. The second-order valence-electron chi connectivity index (χ2n) is 5.61. The number of fused-ring (bicyclic) bond motifs is 1. The van der Waals surface area contributed by atoms with Gasteiger partial charge in [0.1, 0.15) is 0 Å². The molecule has 0 aliphatic carbocycles. The highest BCUT2D eigenvalue weighted by atomic mass is 79.9. The van der Waals surface area contributed by atoms with Crippen molar-refractivity contribution in [3.05, 3.63) is 63.6 Å². The SMILES string of the molecule is CCNC(C)c1ccc(N2Cc3ccccc3C2)cc1Br. The minimum absolute atomic E-state index is 0.370. The summed E-state index contributed by atoms with van der Waals surface area (Å²) in [5.41, 5.74) is 5.49. The van der Waals surface area contributed by atoms with Crippen LogP contribution in [-0.4, -0.2) is 6.54 Å². The van der Waals surface area contributed by atoms with E-state index in [9.17, 15) is 0 Å². The lowest BCUT2D eigenvalue weighted by atomic mass is 10.1. The molecule has 0 spiro atoms. The molecule has 3 heteroatoms. The van der Waals surface area contributed by atoms with E-state index in [0.29, 0.717) is 6.04 Å². The zero-order valence-corrected chi connectivity index (χ0v) is 14.2. The van der Waals surface area contributed by atoms with Crippen molar-refractivity contribution in [2.24, 2.45) is 0 Å². The van der Waals surface area contributed by atoms with Crippen LogP contribution in [0.25, 0.3) is 0 Å². The van der Waals surface area contributed by atoms with Gasteiger partial charge in [0.15, 0.2) is 0 Å². The van der Waals surface area contributed by atoms with Crippen molar-refractivity contribution in [1.29, 1.82) is 0 Å². The number of hydrogen-bond acceptors (Lipinski definition) is 2. The number of hydrogen-bond donors (Lipinski definition) is 1. The van der Waals surface area contributed by atoms with Gasteiger partial charge in [-0.3, -0.25) is 0 Å². The quantitative estimate of drug-likeness (QED) is 0.868. The van der Waals surface area contributed by atoms with Gasteiger partial charge in [-0.25, -0.2) is 0 Å². The third-order valence-electron chi connectivity index (χ3n) is 4.17. The normalized spacial score (nSPS) is 15.1. The van der Waals surface area contributed by atoms with Crippen LogP contribution in [-0.2, 0) is 13.1 Å². The van der Waals surface area contributed by atoms with Crippen molar-refractivity contribution in [3.63, 3.8) is 0 Å². The minimum atomic E-state index is 0.370. The molecule has 0 saturated carbocycles. The van der Waals surface area contributed by atoms with Gasteiger partial charge < -0.3 is 10.2 Å². The van der Waals surface area contributed by atoms with Crippen molar-refractivity contribution < 1.29 is 0 Å². The Morgan fingerprint density at radius 2 is 1.81 bits per heavy atom. The second kappa shape index (κ2) is 6.20. The van der Waals surface area contributed by atoms with Gasteiger partial charge in [0.2, 0.25) is 0 Å². The van der Waals surface area contributed by atoms with Gasteiger partial charge in [0.05, 0.1) is 0 Å². The maximum atomic E-state index is 3.73. The summed E-state index contributed by atoms with van der Waals surface area (Å²) in [5, 5.41) is 3.46. The van der Waals surface area contributed by atoms with Gasteiger partial charge in [-0.05, 0) is 42.3 Å². The Morgan fingerprint density at radius 1 is 1.14 bits per heavy atom. The highest BCUT2D eigenvalue weighted by Gasteiger charge is 2.19. The van der Waals surface area contributed by atoms with Crippen LogP contribution in [0.2, 0.25) is 0 Å². The van der Waals surface area contributed by atoms with Crippen LogP contribution < -0.4 is 10.2 Å². The van der Waals surface area contributed by atoms with E-state index >= 15 is 0 Å². The first-order valence-electron chi connectivity index (χ1n) is 7.53. The van der Waals surface area contributed by atoms with Crippen LogP contribution in [0.15, 0.2) is 46.9 Å². The topological polar surface area (TPSA) is 15.3 Å². The molecule has 0 radical (unpaired) electrons. The van der Waals surface area contributed by atoms with E-state index in [1.807, 2.05) is 0 Å². The highest BCUT2D eigenvalue weighted by molar-refractivity contribution is 9.10. The van der Waals surface area contributed by atoms with E-state index in [-0.39, 0.29) is 0 Å². The summed E-state index contributed by atoms with van der Waals surface area (Å²) in [4.78, 5) is 2.43. The van der Waals surface area contributed by atoms with Crippen LogP contribution in [0, 0.1) is 0 Å². The molecule has 1 heterocycles. The Bertz CT molecular complexity index is 614. The Balaban J connectivity index is 1.81. The third-order valence-corrected chi connectivity index (χ3v) is 4.85. The number of nitrogens with one attached hydrogen (secondary N) is 1. The third kappa shape index (κ3) is 2.99. The van der Waals surface area contributed by atoms with Crippen molar-refractivity contribution in [2.45, 2.75) is 33.0 Å². The maximum Gasteiger partial charge on any atom is 0.0436 e. The molecule has 1 N–H and O–H groups in total. The molecule has 2 aromatic rings. The molecule has 3 rings (SSSR count). The predicted octanol–water partition coefficient (Wildman–Crippen LogP) is 4.64. The summed E-state index contributed by atoms with van der Waals surface area (Å²) in [5.74, 6) is 0. The fraction of sp³-hybridized carbons (Fsp3) is 0.333. The van der Waals surface area contributed by atoms with Crippen molar-refractivity contribution in [1.82, 2.24) is 5.32 Å². The average molecular weight is 345 g/mol. The maximum absolute atomic E-state index is 3.73. The average Bonchev–Trinajstić information content (AvgIpc) is 2.91. The summed E-state index contributed by atoms with van der Waals surface area (Å²) >= 11 is 3.73. The molecule has 2 aromatic carbocycles. The van der Waals surface area contributed by atoms with Crippen molar-refractivity contribution in [3.8, 4) is 0 Å². The van der Waals surface area contributed by atoms with Crippen LogP contribution in [0.3, 0.4) is 0 Å². The summed E-state index contributed by atoms with van der Waals surface area (Å²) in [7, 11) is 0. The largest absolute Gasteiger partial charge is 0.363 e. The molecule has 0 bridgehead atoms. The molecule has 1 unspecified atom stereocenters. The van der Waals surface area contributed by atoms with Crippen molar-refractivity contribution >= 4 is 21.6 Å². The van der Waals surface area contributed by atoms with E-state index in [4.69, 9.17) is 0 Å². The standard InChI is InChI=1S/C18H21BrN2/c1-3-20-13(2)17-9-8-16(10-18(17)19)21-11-14-6-4-5-7-15(14)12-21/h4-10,13,20H,3,11-12H2,1-2H3. The van der Waals surface area contributed by atoms with Crippen LogP contribution in [0.1, 0.15) is 36.6 Å². The Labute approximate surface area is 135 Å². The molecule has 0 amide bonds. The minimum Gasteiger partial charge on any atom is -0.363 e. The van der Waals surface area contributed by atoms with Crippen LogP contribution in [0.4, 0.5) is 5.69 Å². The van der Waals surface area contributed by atoms with E-state index in [1.165, 1.54) is 26.9 Å². The summed E-state index contributed by atoms with van der Waals surface area (Å²) in [6.07, 6.45) is 0. The summed E-state index contributed by atoms with van der Waals surface area (Å²) in [6.45, 7) is 7.33. The zero-order chi connectivity index (χ0) is 14.8. The number of benzene rings is 2. The lowest BCUT2D eigenvalue weighted by Crippen LogP contribution is -2.19. The highest BCUT2D eigenvalue weighted by Crippen LogP contribution is 2.32. The molecule has 0 saturated heterocycles. The van der Waals surface area contributed by atoms with Crippen LogP contribution in [0.5, 0.6) is 0 Å². The molecule has 1 aliphatic heterocycles. The van der Waals surface area contributed by atoms with E-state index in [2.05, 4.69) is 82.5 Å². The van der Waals surface area contributed by atoms with Gasteiger partial charge in [-0.15, -0.1) is 0 Å². The Kier molecular flexibility index (Phi) is 4.32. The molecule has 2 nitrogen and oxygen atoms in total. The van der Waals surface area contributed by atoms with Gasteiger partial charge in [0.25, 0.3) is 0 Å². The molecule has 1 aliphatic rings. The monoisotopic (exact) mass is 344 g/mol. The molecular formula is C18H21BrN2. The molecule has 110 valence electrons. The van der Waals surface area contributed by atoms with E-state index < -0.39 is 0 Å². The Morgan fingerprint density at radius 3 is 2.38 bits per heavy atom. The van der Waals surface area contributed by atoms with Crippen LogP contribution >= 0.6 is 15.9 Å². The van der Waals surface area contributed by atoms with E-state index in [1.54, 1.807) is 0 Å². The van der Waals surface area contributed by atoms with Gasteiger partial charge in [0, 0.05) is 29.3 Å². The lowest BCUT2D eigenvalue weighted by molar-refractivity contribution is 0.596. The fourth-order valence-electron chi connectivity index (χ4n) is 3.00. The lowest BCUT2D eigenvalue weighted by Gasteiger charge is -2.21. The number of rotatable bonds is 4. The van der Waals surface area contributed by atoms with Gasteiger partial charge in [-0.1, -0.05) is 53.2 Å². The van der Waals surface area contributed by atoms with Gasteiger partial charge >= 0.3 is 0 Å². The molecule has 21 heavy (non-hydrogen) atoms. The number of nitrogens with zero attached hydrogens (tertiary/aromatic N) is 1. The van der Waals surface area contributed by atoms with E-state index in [0.717, 1.165) is 19.6 Å². The first kappa shape index (κ1) is 14.6. The van der Waals surface area contributed by atoms with Crippen molar-refractivity contribution in [2.75, 3.05) is 11.4 Å². The molecule has 0 aromatic heterocycles. The summed E-state index contributed by atoms with van der Waals surface area (Å²) < 4.78 is 1.18. The second-order valence-corrected chi connectivity index (χ2v) is 6.46.